The minimum atomic E-state index is -0.268. The average Bonchev–Trinajstić information content (AvgIpc) is 3.02. The third-order valence-corrected chi connectivity index (χ3v) is 5.99. The van der Waals surface area contributed by atoms with E-state index in [0.29, 0.717) is 12.0 Å². The van der Waals surface area contributed by atoms with E-state index in [0.717, 1.165) is 41.8 Å². The number of allylic oxidation sites excluding steroid dienone is 4. The second-order valence-electron chi connectivity index (χ2n) is 6.15. The van der Waals surface area contributed by atoms with Crippen molar-refractivity contribution >= 4 is 23.6 Å². The SMILES string of the molecule is C=Cc1cc([C@@H]2C3=C(CCS3)NC3=C2C(=O)CCC3)ccc1F. The van der Waals surface area contributed by atoms with Crippen LogP contribution in [-0.2, 0) is 4.79 Å². The van der Waals surface area contributed by atoms with Crippen LogP contribution in [0.5, 0.6) is 0 Å². The van der Waals surface area contributed by atoms with E-state index < -0.39 is 0 Å². The van der Waals surface area contributed by atoms with Gasteiger partial charge >= 0.3 is 0 Å². The summed E-state index contributed by atoms with van der Waals surface area (Å²) in [7, 11) is 0. The molecule has 0 spiro atoms. The Morgan fingerprint density at radius 3 is 2.96 bits per heavy atom. The second kappa shape index (κ2) is 5.68. The molecule has 2 heterocycles. The van der Waals surface area contributed by atoms with Crippen LogP contribution in [0.2, 0.25) is 0 Å². The van der Waals surface area contributed by atoms with E-state index >= 15 is 0 Å². The Hall–Kier alpha value is -1.81. The molecule has 0 saturated carbocycles. The zero-order chi connectivity index (χ0) is 16.0. The van der Waals surface area contributed by atoms with Crippen LogP contribution in [-0.4, -0.2) is 11.5 Å². The first-order chi connectivity index (χ1) is 11.2. The van der Waals surface area contributed by atoms with Gasteiger partial charge in [-0.2, -0.15) is 0 Å². The highest BCUT2D eigenvalue weighted by molar-refractivity contribution is 8.03. The molecule has 3 aliphatic rings. The van der Waals surface area contributed by atoms with E-state index in [1.54, 1.807) is 0 Å². The Bertz CT molecular complexity index is 778. The minimum absolute atomic E-state index is 0.0409. The molecule has 0 radical (unpaired) electrons. The molecule has 0 fully saturated rings. The summed E-state index contributed by atoms with van der Waals surface area (Å²) in [5.41, 5.74) is 4.71. The normalized spacial score (nSPS) is 23.5. The highest BCUT2D eigenvalue weighted by atomic mass is 32.2. The molecule has 0 saturated heterocycles. The van der Waals surface area contributed by atoms with Crippen molar-refractivity contribution in [3.8, 4) is 0 Å². The first kappa shape index (κ1) is 14.8. The van der Waals surface area contributed by atoms with Gasteiger partial charge in [0, 0.05) is 45.5 Å². The molecule has 0 aromatic heterocycles. The lowest BCUT2D eigenvalue weighted by Gasteiger charge is -2.33. The third-order valence-electron chi connectivity index (χ3n) is 4.79. The molecule has 1 atom stereocenters. The van der Waals surface area contributed by atoms with Gasteiger partial charge in [-0.3, -0.25) is 4.79 Å². The smallest absolute Gasteiger partial charge is 0.161 e. The van der Waals surface area contributed by atoms with Crippen LogP contribution in [0.4, 0.5) is 4.39 Å². The second-order valence-corrected chi connectivity index (χ2v) is 7.29. The van der Waals surface area contributed by atoms with E-state index in [-0.39, 0.29) is 17.5 Å². The van der Waals surface area contributed by atoms with Crippen molar-refractivity contribution in [1.29, 1.82) is 0 Å². The number of ketones is 1. The number of nitrogens with one attached hydrogen (secondary N) is 1. The molecule has 118 valence electrons. The van der Waals surface area contributed by atoms with Gasteiger partial charge in [0.1, 0.15) is 5.82 Å². The molecule has 4 heteroatoms. The maximum atomic E-state index is 13.8. The molecule has 0 unspecified atom stereocenters. The lowest BCUT2D eigenvalue weighted by molar-refractivity contribution is -0.116. The highest BCUT2D eigenvalue weighted by Crippen LogP contribution is 2.50. The molecule has 1 N–H and O–H groups in total. The van der Waals surface area contributed by atoms with Crippen molar-refractivity contribution in [2.45, 2.75) is 31.6 Å². The van der Waals surface area contributed by atoms with Crippen LogP contribution in [0.1, 0.15) is 42.7 Å². The fraction of sp³-hybridized carbons (Fsp3) is 0.316. The molecule has 4 rings (SSSR count). The van der Waals surface area contributed by atoms with Crippen molar-refractivity contribution in [1.82, 2.24) is 5.32 Å². The molecule has 23 heavy (non-hydrogen) atoms. The van der Waals surface area contributed by atoms with Gasteiger partial charge in [0.25, 0.3) is 0 Å². The number of carbonyl (C=O) groups excluding carboxylic acids is 1. The highest BCUT2D eigenvalue weighted by Gasteiger charge is 2.38. The minimum Gasteiger partial charge on any atom is -0.361 e. The molecular weight excluding hydrogens is 309 g/mol. The number of halogens is 1. The third kappa shape index (κ3) is 2.36. The van der Waals surface area contributed by atoms with Crippen molar-refractivity contribution in [3.05, 3.63) is 63.6 Å². The van der Waals surface area contributed by atoms with E-state index in [1.807, 2.05) is 23.9 Å². The maximum absolute atomic E-state index is 13.8. The standard InChI is InChI=1S/C19H18FNOS/c1-2-11-10-12(6-7-13(11)20)17-18-14(4-3-5-16(18)22)21-15-8-9-23-19(15)17/h2,6-7,10,17,21H,1,3-5,8-9H2/t17-/m0/s1. The molecular formula is C19H18FNOS. The first-order valence-electron chi connectivity index (χ1n) is 8.00. The Morgan fingerprint density at radius 2 is 2.13 bits per heavy atom. The molecule has 0 amide bonds. The summed E-state index contributed by atoms with van der Waals surface area (Å²) in [6, 6.07) is 5.14. The van der Waals surface area contributed by atoms with E-state index in [9.17, 15) is 9.18 Å². The summed E-state index contributed by atoms with van der Waals surface area (Å²) in [6.07, 6.45) is 4.99. The van der Waals surface area contributed by atoms with Crippen molar-refractivity contribution < 1.29 is 9.18 Å². The maximum Gasteiger partial charge on any atom is 0.161 e. The summed E-state index contributed by atoms with van der Waals surface area (Å²) < 4.78 is 13.8. The topological polar surface area (TPSA) is 29.1 Å². The molecule has 1 aliphatic carbocycles. The predicted octanol–water partition coefficient (Wildman–Crippen LogP) is 4.51. The zero-order valence-electron chi connectivity index (χ0n) is 12.8. The van der Waals surface area contributed by atoms with Crippen LogP contribution < -0.4 is 5.32 Å². The Morgan fingerprint density at radius 1 is 1.26 bits per heavy atom. The number of hydrogen-bond acceptors (Lipinski definition) is 3. The Kier molecular flexibility index (Phi) is 3.64. The predicted molar refractivity (Wildman–Crippen MR) is 92.4 cm³/mol. The molecule has 1 aromatic carbocycles. The van der Waals surface area contributed by atoms with Gasteiger partial charge in [0.15, 0.2) is 5.78 Å². The van der Waals surface area contributed by atoms with Gasteiger partial charge in [0.2, 0.25) is 0 Å². The molecule has 2 nitrogen and oxygen atoms in total. The van der Waals surface area contributed by atoms with Crippen molar-refractivity contribution in [3.63, 3.8) is 0 Å². The van der Waals surface area contributed by atoms with Crippen molar-refractivity contribution in [2.75, 3.05) is 5.75 Å². The van der Waals surface area contributed by atoms with Gasteiger partial charge in [-0.05, 0) is 37.0 Å². The van der Waals surface area contributed by atoms with E-state index in [2.05, 4.69) is 11.9 Å². The Balaban J connectivity index is 1.88. The lowest BCUT2D eigenvalue weighted by Crippen LogP contribution is -2.30. The number of Topliss-reactive ketones (excluding diaryl/α,β-unsaturated/α-hetero) is 1. The summed E-state index contributed by atoms with van der Waals surface area (Å²) in [5.74, 6) is 0.960. The monoisotopic (exact) mass is 327 g/mol. The van der Waals surface area contributed by atoms with Crippen LogP contribution in [0.25, 0.3) is 6.08 Å². The quantitative estimate of drug-likeness (QED) is 0.866. The molecule has 2 aliphatic heterocycles. The van der Waals surface area contributed by atoms with Crippen LogP contribution in [0.15, 0.2) is 46.7 Å². The molecule has 1 aromatic rings. The lowest BCUT2D eigenvalue weighted by atomic mass is 9.79. The number of thioether (sulfide) groups is 1. The number of carbonyl (C=O) groups is 1. The summed E-state index contributed by atoms with van der Waals surface area (Å²) >= 11 is 1.82. The van der Waals surface area contributed by atoms with E-state index in [4.69, 9.17) is 0 Å². The fourth-order valence-electron chi connectivity index (χ4n) is 3.71. The van der Waals surface area contributed by atoms with Gasteiger partial charge in [-0.25, -0.2) is 4.39 Å². The summed E-state index contributed by atoms with van der Waals surface area (Å²) in [4.78, 5) is 13.8. The van der Waals surface area contributed by atoms with E-state index in [1.165, 1.54) is 22.7 Å². The number of hydrogen-bond donors (Lipinski definition) is 1. The number of rotatable bonds is 2. The van der Waals surface area contributed by atoms with Gasteiger partial charge in [0.05, 0.1) is 0 Å². The van der Waals surface area contributed by atoms with Gasteiger partial charge < -0.3 is 5.32 Å². The molecule has 0 bridgehead atoms. The largest absolute Gasteiger partial charge is 0.361 e. The van der Waals surface area contributed by atoms with Crippen molar-refractivity contribution in [2.24, 2.45) is 0 Å². The first-order valence-corrected chi connectivity index (χ1v) is 8.98. The number of benzene rings is 1. The van der Waals surface area contributed by atoms with Crippen LogP contribution >= 0.6 is 11.8 Å². The number of dihydropyridines is 1. The Labute approximate surface area is 139 Å². The zero-order valence-corrected chi connectivity index (χ0v) is 13.6. The van der Waals surface area contributed by atoms with Gasteiger partial charge in [-0.1, -0.05) is 18.7 Å². The summed E-state index contributed by atoms with van der Waals surface area (Å²) in [6.45, 7) is 3.69. The average molecular weight is 327 g/mol. The van der Waals surface area contributed by atoms with Crippen LogP contribution in [0.3, 0.4) is 0 Å². The van der Waals surface area contributed by atoms with Crippen LogP contribution in [0, 0.1) is 5.82 Å². The fourth-order valence-corrected chi connectivity index (χ4v) is 4.99. The summed E-state index contributed by atoms with van der Waals surface area (Å²) in [5, 5.41) is 3.51. The van der Waals surface area contributed by atoms with Gasteiger partial charge in [-0.15, -0.1) is 11.8 Å².